The minimum atomic E-state index is -0.379. The van der Waals surface area contributed by atoms with Crippen LogP contribution in [-0.2, 0) is 6.61 Å². The fourth-order valence-corrected chi connectivity index (χ4v) is 1.62. The van der Waals surface area contributed by atoms with Crippen molar-refractivity contribution in [3.05, 3.63) is 48.0 Å². The summed E-state index contributed by atoms with van der Waals surface area (Å²) in [6, 6.07) is 6.93. The van der Waals surface area contributed by atoms with E-state index in [1.165, 1.54) is 6.07 Å². The highest BCUT2D eigenvalue weighted by Crippen LogP contribution is 2.27. The summed E-state index contributed by atoms with van der Waals surface area (Å²) in [5.41, 5.74) is 8.05. The maximum atomic E-state index is 13.0. The summed E-state index contributed by atoms with van der Waals surface area (Å²) in [5.74, 6) is 0.201. The van der Waals surface area contributed by atoms with Crippen molar-refractivity contribution >= 4 is 11.4 Å². The summed E-state index contributed by atoms with van der Waals surface area (Å²) in [4.78, 5) is 5.72. The molecule has 0 radical (unpaired) electrons. The normalized spacial score (nSPS) is 10.3. The van der Waals surface area contributed by atoms with Gasteiger partial charge < -0.3 is 15.4 Å². The number of ether oxygens (including phenoxy) is 1. The molecule has 0 spiro atoms. The smallest absolute Gasteiger partial charge is 0.144 e. The summed E-state index contributed by atoms with van der Waals surface area (Å²) in [7, 11) is 3.87. The highest BCUT2D eigenvalue weighted by molar-refractivity contribution is 5.61. The number of hydrogen-bond acceptors (Lipinski definition) is 4. The fourth-order valence-electron chi connectivity index (χ4n) is 1.62. The summed E-state index contributed by atoms with van der Waals surface area (Å²) in [6.45, 7) is 0.228. The second kappa shape index (κ2) is 5.56. The number of nitrogen functional groups attached to an aromatic ring is 1. The van der Waals surface area contributed by atoms with Gasteiger partial charge in [-0.2, -0.15) is 0 Å². The molecule has 0 saturated carbocycles. The molecule has 0 aliphatic carbocycles. The zero-order valence-corrected chi connectivity index (χ0v) is 10.9. The zero-order valence-electron chi connectivity index (χ0n) is 10.9. The Labute approximate surface area is 111 Å². The summed E-state index contributed by atoms with van der Waals surface area (Å²) >= 11 is 0. The van der Waals surface area contributed by atoms with Crippen LogP contribution in [0.4, 0.5) is 15.8 Å². The molecule has 19 heavy (non-hydrogen) atoms. The van der Waals surface area contributed by atoms with E-state index in [4.69, 9.17) is 10.5 Å². The molecule has 4 nitrogen and oxygen atoms in total. The lowest BCUT2D eigenvalue weighted by atomic mass is 10.2. The Hall–Kier alpha value is -2.30. The molecule has 1 aromatic carbocycles. The predicted molar refractivity (Wildman–Crippen MR) is 73.7 cm³/mol. The molecule has 0 fully saturated rings. The van der Waals surface area contributed by atoms with Crippen LogP contribution in [0, 0.1) is 5.82 Å². The van der Waals surface area contributed by atoms with Crippen LogP contribution in [0.15, 0.2) is 36.7 Å². The van der Waals surface area contributed by atoms with Crippen molar-refractivity contribution in [1.29, 1.82) is 0 Å². The summed E-state index contributed by atoms with van der Waals surface area (Å²) in [6.07, 6.45) is 2.72. The van der Waals surface area contributed by atoms with E-state index in [-0.39, 0.29) is 12.4 Å². The van der Waals surface area contributed by atoms with Gasteiger partial charge in [-0.15, -0.1) is 0 Å². The van der Waals surface area contributed by atoms with E-state index in [0.717, 1.165) is 11.9 Å². The summed E-state index contributed by atoms with van der Waals surface area (Å²) in [5, 5.41) is 0. The Kier molecular flexibility index (Phi) is 3.85. The van der Waals surface area contributed by atoms with Gasteiger partial charge in [-0.25, -0.2) is 4.39 Å². The first-order valence-electron chi connectivity index (χ1n) is 5.85. The Morgan fingerprint density at radius 3 is 2.74 bits per heavy atom. The largest absolute Gasteiger partial charge is 0.487 e. The molecule has 2 rings (SSSR count). The van der Waals surface area contributed by atoms with Crippen molar-refractivity contribution in [2.75, 3.05) is 24.7 Å². The van der Waals surface area contributed by atoms with E-state index in [0.29, 0.717) is 17.0 Å². The number of nitrogens with zero attached hydrogens (tertiary/aromatic N) is 2. The van der Waals surface area contributed by atoms with Gasteiger partial charge in [-0.05, 0) is 18.2 Å². The van der Waals surface area contributed by atoms with Gasteiger partial charge in [-0.3, -0.25) is 4.98 Å². The predicted octanol–water partition coefficient (Wildman–Crippen LogP) is 2.45. The lowest BCUT2D eigenvalue weighted by Crippen LogP contribution is -2.09. The zero-order chi connectivity index (χ0) is 13.8. The number of rotatable bonds is 4. The quantitative estimate of drug-likeness (QED) is 0.859. The Bertz CT molecular complexity index is 572. The molecule has 100 valence electrons. The second-order valence-corrected chi connectivity index (χ2v) is 4.42. The molecule has 2 N–H and O–H groups in total. The summed E-state index contributed by atoms with van der Waals surface area (Å²) < 4.78 is 18.6. The first-order valence-corrected chi connectivity index (χ1v) is 5.85. The van der Waals surface area contributed by atoms with E-state index in [1.807, 2.05) is 31.1 Å². The first-order chi connectivity index (χ1) is 9.06. The number of halogens is 1. The number of pyridine rings is 1. The standard InChI is InChI=1S/C14H16FN3O/c1-18(2)12-3-4-13(16)14(6-12)19-9-10-5-11(15)8-17-7-10/h3-8H,9,16H2,1-2H3. The lowest BCUT2D eigenvalue weighted by Gasteiger charge is -2.15. The third-order valence-electron chi connectivity index (χ3n) is 2.67. The van der Waals surface area contributed by atoms with E-state index >= 15 is 0 Å². The van der Waals surface area contributed by atoms with E-state index in [1.54, 1.807) is 12.3 Å². The Balaban J connectivity index is 2.12. The topological polar surface area (TPSA) is 51.4 Å². The second-order valence-electron chi connectivity index (χ2n) is 4.42. The SMILES string of the molecule is CN(C)c1ccc(N)c(OCc2cncc(F)c2)c1. The number of nitrogens with two attached hydrogens (primary N) is 1. The Morgan fingerprint density at radius 1 is 1.26 bits per heavy atom. The fraction of sp³-hybridized carbons (Fsp3) is 0.214. The van der Waals surface area contributed by atoms with Gasteiger partial charge in [0.05, 0.1) is 11.9 Å². The van der Waals surface area contributed by atoms with Crippen LogP contribution >= 0.6 is 0 Å². The van der Waals surface area contributed by atoms with Crippen LogP contribution in [0.25, 0.3) is 0 Å². The van der Waals surface area contributed by atoms with Gasteiger partial charge in [0.1, 0.15) is 18.2 Å². The van der Waals surface area contributed by atoms with Gasteiger partial charge >= 0.3 is 0 Å². The molecule has 0 saturated heterocycles. The maximum Gasteiger partial charge on any atom is 0.144 e. The van der Waals surface area contributed by atoms with Crippen molar-refractivity contribution in [1.82, 2.24) is 4.98 Å². The molecule has 0 bridgehead atoms. The van der Waals surface area contributed by atoms with Gasteiger partial charge in [0.2, 0.25) is 0 Å². The van der Waals surface area contributed by atoms with Gasteiger partial charge in [-0.1, -0.05) is 0 Å². The van der Waals surface area contributed by atoms with Crippen LogP contribution in [0.5, 0.6) is 5.75 Å². The van der Waals surface area contributed by atoms with Crippen LogP contribution in [0.3, 0.4) is 0 Å². The van der Waals surface area contributed by atoms with Crippen molar-refractivity contribution in [2.45, 2.75) is 6.61 Å². The van der Waals surface area contributed by atoms with Gasteiger partial charge in [0.25, 0.3) is 0 Å². The molecule has 1 heterocycles. The first kappa shape index (κ1) is 13.1. The molecule has 5 heteroatoms. The maximum absolute atomic E-state index is 13.0. The number of hydrogen-bond donors (Lipinski definition) is 1. The lowest BCUT2D eigenvalue weighted by molar-refractivity contribution is 0.307. The highest BCUT2D eigenvalue weighted by Gasteiger charge is 2.05. The van der Waals surface area contributed by atoms with E-state index in [2.05, 4.69) is 4.98 Å². The molecule has 0 atom stereocenters. The number of benzene rings is 1. The number of anilines is 2. The van der Waals surface area contributed by atoms with Gasteiger partial charge in [0, 0.05) is 37.6 Å². The molecule has 1 aromatic heterocycles. The number of aromatic nitrogens is 1. The van der Waals surface area contributed by atoms with Crippen LogP contribution < -0.4 is 15.4 Å². The molecule has 0 amide bonds. The van der Waals surface area contributed by atoms with Crippen LogP contribution in [0.2, 0.25) is 0 Å². The molecular weight excluding hydrogens is 245 g/mol. The van der Waals surface area contributed by atoms with Gasteiger partial charge in [0.15, 0.2) is 0 Å². The highest BCUT2D eigenvalue weighted by atomic mass is 19.1. The third-order valence-corrected chi connectivity index (χ3v) is 2.67. The molecular formula is C14H16FN3O. The Morgan fingerprint density at radius 2 is 2.05 bits per heavy atom. The van der Waals surface area contributed by atoms with Crippen molar-refractivity contribution < 1.29 is 9.13 Å². The average molecular weight is 261 g/mol. The molecule has 0 aliphatic heterocycles. The van der Waals surface area contributed by atoms with Crippen molar-refractivity contribution in [3.63, 3.8) is 0 Å². The van der Waals surface area contributed by atoms with Crippen molar-refractivity contribution in [2.24, 2.45) is 0 Å². The molecule has 0 aliphatic rings. The minimum Gasteiger partial charge on any atom is -0.487 e. The van der Waals surface area contributed by atoms with Crippen LogP contribution in [-0.4, -0.2) is 19.1 Å². The monoisotopic (exact) mass is 261 g/mol. The van der Waals surface area contributed by atoms with E-state index in [9.17, 15) is 4.39 Å². The van der Waals surface area contributed by atoms with E-state index < -0.39 is 0 Å². The van der Waals surface area contributed by atoms with Crippen molar-refractivity contribution in [3.8, 4) is 5.75 Å². The molecule has 2 aromatic rings. The minimum absolute atomic E-state index is 0.228. The third kappa shape index (κ3) is 3.34. The van der Waals surface area contributed by atoms with Crippen LogP contribution in [0.1, 0.15) is 5.56 Å². The molecule has 0 unspecified atom stereocenters. The average Bonchev–Trinajstić information content (AvgIpc) is 2.37.